The minimum atomic E-state index is -1.17. The molecule has 6 nitrogen and oxygen atoms in total. The fourth-order valence-corrected chi connectivity index (χ4v) is 6.21. The SMILES string of the molecule is O=C(N[C@@H](Cc1ccc(F)cc1)C(=O)O)c1nn(C2CCCCC2)c2c1CCCCC2Cc1cccc(F)c1. The minimum Gasteiger partial charge on any atom is -0.480 e. The van der Waals surface area contributed by atoms with Crippen LogP contribution in [0.4, 0.5) is 8.78 Å². The Labute approximate surface area is 227 Å². The summed E-state index contributed by atoms with van der Waals surface area (Å²) < 4.78 is 29.4. The molecule has 5 rings (SSSR count). The van der Waals surface area contributed by atoms with Gasteiger partial charge in [-0.05, 0) is 73.9 Å². The van der Waals surface area contributed by atoms with Crippen LogP contribution in [0, 0.1) is 11.6 Å². The van der Waals surface area contributed by atoms with E-state index in [2.05, 4.69) is 10.00 Å². The topological polar surface area (TPSA) is 84.2 Å². The third-order valence-corrected chi connectivity index (χ3v) is 8.13. The summed E-state index contributed by atoms with van der Waals surface area (Å²) in [6.45, 7) is 0. The number of carboxylic acids is 1. The highest BCUT2D eigenvalue weighted by molar-refractivity contribution is 5.96. The van der Waals surface area contributed by atoms with Crippen molar-refractivity contribution in [1.82, 2.24) is 15.1 Å². The maximum absolute atomic E-state index is 14.0. The Morgan fingerprint density at radius 1 is 0.949 bits per heavy atom. The van der Waals surface area contributed by atoms with Crippen LogP contribution in [-0.2, 0) is 24.1 Å². The molecule has 206 valence electrons. The van der Waals surface area contributed by atoms with E-state index in [1.54, 1.807) is 12.1 Å². The number of rotatable bonds is 8. The number of aromatic nitrogens is 2. The van der Waals surface area contributed by atoms with Crippen LogP contribution in [0.3, 0.4) is 0 Å². The Kier molecular flexibility index (Phi) is 8.38. The number of benzene rings is 2. The number of hydrogen-bond acceptors (Lipinski definition) is 3. The first-order valence-corrected chi connectivity index (χ1v) is 14.0. The predicted octanol–water partition coefficient (Wildman–Crippen LogP) is 6.14. The van der Waals surface area contributed by atoms with Crippen LogP contribution in [0.15, 0.2) is 48.5 Å². The highest BCUT2D eigenvalue weighted by Crippen LogP contribution is 2.39. The molecule has 0 saturated heterocycles. The molecule has 3 aromatic rings. The number of carbonyl (C=O) groups is 2. The molecule has 2 N–H and O–H groups in total. The number of fused-ring (bicyclic) bond motifs is 1. The number of carbonyl (C=O) groups excluding carboxylic acids is 1. The zero-order valence-electron chi connectivity index (χ0n) is 22.0. The third kappa shape index (κ3) is 6.37. The first-order valence-electron chi connectivity index (χ1n) is 14.0. The van der Waals surface area contributed by atoms with Crippen molar-refractivity contribution in [3.8, 4) is 0 Å². The summed E-state index contributed by atoms with van der Waals surface area (Å²) in [7, 11) is 0. The van der Waals surface area contributed by atoms with Crippen molar-refractivity contribution in [2.24, 2.45) is 0 Å². The summed E-state index contributed by atoms with van der Waals surface area (Å²) in [6.07, 6.45) is 9.58. The van der Waals surface area contributed by atoms with Crippen LogP contribution in [0.5, 0.6) is 0 Å². The number of halogens is 2. The molecular weight excluding hydrogens is 500 g/mol. The van der Waals surface area contributed by atoms with Gasteiger partial charge in [-0.25, -0.2) is 13.6 Å². The van der Waals surface area contributed by atoms with Crippen molar-refractivity contribution >= 4 is 11.9 Å². The normalized spacial score (nSPS) is 18.7. The van der Waals surface area contributed by atoms with Gasteiger partial charge in [0.2, 0.25) is 0 Å². The molecule has 1 unspecified atom stereocenters. The number of amides is 1. The predicted molar refractivity (Wildman–Crippen MR) is 144 cm³/mol. The molecule has 2 aliphatic rings. The van der Waals surface area contributed by atoms with Crippen molar-refractivity contribution in [2.75, 3.05) is 0 Å². The molecule has 0 radical (unpaired) electrons. The second-order valence-corrected chi connectivity index (χ2v) is 10.9. The number of nitrogens with one attached hydrogen (secondary N) is 1. The first kappa shape index (κ1) is 27.0. The van der Waals surface area contributed by atoms with Gasteiger partial charge in [0.1, 0.15) is 17.7 Å². The molecule has 1 saturated carbocycles. The first-order chi connectivity index (χ1) is 18.9. The summed E-state index contributed by atoms with van der Waals surface area (Å²) in [5.74, 6) is -2.23. The van der Waals surface area contributed by atoms with Gasteiger partial charge < -0.3 is 10.4 Å². The molecule has 0 bridgehead atoms. The highest BCUT2D eigenvalue weighted by atomic mass is 19.1. The Balaban J connectivity index is 1.48. The van der Waals surface area contributed by atoms with E-state index in [1.807, 2.05) is 6.07 Å². The molecule has 0 spiro atoms. The van der Waals surface area contributed by atoms with Gasteiger partial charge in [-0.2, -0.15) is 5.10 Å². The Hall–Kier alpha value is -3.55. The van der Waals surface area contributed by atoms with E-state index < -0.39 is 23.7 Å². The second-order valence-electron chi connectivity index (χ2n) is 10.9. The lowest BCUT2D eigenvalue weighted by Crippen LogP contribution is -2.42. The summed E-state index contributed by atoms with van der Waals surface area (Å²) in [5, 5.41) is 17.4. The highest BCUT2D eigenvalue weighted by Gasteiger charge is 2.34. The lowest BCUT2D eigenvalue weighted by molar-refractivity contribution is -0.139. The standard InChI is InChI=1S/C31H35F2N3O3/c32-23-15-13-20(14-16-23)19-27(31(38)39)34-30(37)28-26-12-5-4-8-22(17-21-7-6-9-24(33)18-21)29(26)36(35-28)25-10-2-1-3-11-25/h6-7,9,13-16,18,22,25,27H,1-5,8,10-12,17,19H2,(H,34,37)(H,38,39)/t22?,27-/m0/s1. The van der Waals surface area contributed by atoms with Gasteiger partial charge in [0, 0.05) is 23.6 Å². The minimum absolute atomic E-state index is 0.0368. The zero-order valence-corrected chi connectivity index (χ0v) is 22.0. The van der Waals surface area contributed by atoms with Gasteiger partial charge in [-0.1, -0.05) is 49.9 Å². The molecule has 1 aromatic heterocycles. The maximum Gasteiger partial charge on any atom is 0.326 e. The van der Waals surface area contributed by atoms with Crippen LogP contribution >= 0.6 is 0 Å². The molecule has 1 heterocycles. The molecule has 39 heavy (non-hydrogen) atoms. The summed E-state index contributed by atoms with van der Waals surface area (Å²) in [5.41, 5.74) is 3.78. The van der Waals surface area contributed by atoms with Gasteiger partial charge in [0.25, 0.3) is 5.91 Å². The van der Waals surface area contributed by atoms with E-state index in [0.29, 0.717) is 24.1 Å². The zero-order chi connectivity index (χ0) is 27.4. The van der Waals surface area contributed by atoms with E-state index in [1.165, 1.54) is 36.8 Å². The molecule has 1 amide bonds. The maximum atomic E-state index is 14.0. The number of aliphatic carboxylic acids is 1. The summed E-state index contributed by atoms with van der Waals surface area (Å²) >= 11 is 0. The summed E-state index contributed by atoms with van der Waals surface area (Å²) in [4.78, 5) is 25.7. The van der Waals surface area contributed by atoms with E-state index in [9.17, 15) is 23.5 Å². The largest absolute Gasteiger partial charge is 0.480 e. The van der Waals surface area contributed by atoms with Gasteiger partial charge in [0.05, 0.1) is 6.04 Å². The molecule has 2 aromatic carbocycles. The Morgan fingerprint density at radius 2 is 1.69 bits per heavy atom. The Morgan fingerprint density at radius 3 is 2.41 bits per heavy atom. The quantitative estimate of drug-likeness (QED) is 0.339. The lowest BCUT2D eigenvalue weighted by atomic mass is 9.89. The van der Waals surface area contributed by atoms with Crippen molar-refractivity contribution in [1.29, 1.82) is 0 Å². The van der Waals surface area contributed by atoms with Crippen molar-refractivity contribution in [2.45, 2.75) is 88.6 Å². The average molecular weight is 536 g/mol. The fraction of sp³-hybridized carbons (Fsp3) is 0.452. The number of nitrogens with zero attached hydrogens (tertiary/aromatic N) is 2. The van der Waals surface area contributed by atoms with Crippen LogP contribution in [0.1, 0.15) is 96.2 Å². The molecule has 0 aliphatic heterocycles. The van der Waals surface area contributed by atoms with Gasteiger partial charge in [-0.3, -0.25) is 9.48 Å². The van der Waals surface area contributed by atoms with Gasteiger partial charge in [0.15, 0.2) is 5.69 Å². The van der Waals surface area contributed by atoms with Crippen LogP contribution < -0.4 is 5.32 Å². The lowest BCUT2D eigenvalue weighted by Gasteiger charge is -2.27. The van der Waals surface area contributed by atoms with E-state index >= 15 is 0 Å². The van der Waals surface area contributed by atoms with E-state index in [-0.39, 0.29) is 24.2 Å². The summed E-state index contributed by atoms with van der Waals surface area (Å²) in [6, 6.07) is 11.3. The molecule has 2 atom stereocenters. The average Bonchev–Trinajstić information content (AvgIpc) is 3.19. The number of hydrogen-bond donors (Lipinski definition) is 2. The molecular formula is C31H35F2N3O3. The third-order valence-electron chi connectivity index (χ3n) is 8.13. The fourth-order valence-electron chi connectivity index (χ4n) is 6.21. The van der Waals surface area contributed by atoms with Crippen LogP contribution in [-0.4, -0.2) is 32.8 Å². The second kappa shape index (κ2) is 12.1. The van der Waals surface area contributed by atoms with Crippen molar-refractivity contribution < 1.29 is 23.5 Å². The smallest absolute Gasteiger partial charge is 0.326 e. The number of carboxylic acid groups (broad SMARTS) is 1. The van der Waals surface area contributed by atoms with Crippen LogP contribution in [0.25, 0.3) is 0 Å². The Bertz CT molecular complexity index is 1320. The van der Waals surface area contributed by atoms with Crippen molar-refractivity contribution in [3.05, 3.63) is 88.2 Å². The monoisotopic (exact) mass is 535 g/mol. The van der Waals surface area contributed by atoms with Gasteiger partial charge >= 0.3 is 5.97 Å². The molecule has 1 fully saturated rings. The molecule has 8 heteroatoms. The molecule has 2 aliphatic carbocycles. The van der Waals surface area contributed by atoms with Crippen LogP contribution in [0.2, 0.25) is 0 Å². The van der Waals surface area contributed by atoms with E-state index in [4.69, 9.17) is 5.10 Å². The van der Waals surface area contributed by atoms with Gasteiger partial charge in [-0.15, -0.1) is 0 Å². The van der Waals surface area contributed by atoms with E-state index in [0.717, 1.165) is 61.8 Å². The van der Waals surface area contributed by atoms with Crippen molar-refractivity contribution in [3.63, 3.8) is 0 Å².